The molecular weight excluding hydrogens is 1770 g/mol. The van der Waals surface area contributed by atoms with Crippen molar-refractivity contribution in [1.29, 1.82) is 0 Å². The zero-order valence-corrected chi connectivity index (χ0v) is 75.1. The van der Waals surface area contributed by atoms with E-state index in [9.17, 15) is 86.3 Å². The number of esters is 18. The van der Waals surface area contributed by atoms with Crippen molar-refractivity contribution >= 4 is 166 Å². The maximum absolute atomic E-state index is 14.0. The van der Waals surface area contributed by atoms with E-state index >= 15 is 0 Å². The Balaban J connectivity index is 1.40. The van der Waals surface area contributed by atoms with Crippen LogP contribution < -0.4 is 0 Å². The Labute approximate surface area is 731 Å². The van der Waals surface area contributed by atoms with E-state index in [4.69, 9.17) is 123 Å². The molecule has 7 rings (SSSR count). The van der Waals surface area contributed by atoms with Crippen molar-refractivity contribution in [3.8, 4) is 0 Å². The van der Waals surface area contributed by atoms with Crippen LogP contribution in [0.15, 0.2) is 0 Å². The predicted molar refractivity (Wildman–Crippen MR) is 415 cm³/mol. The molecule has 7 aliphatic heterocycles. The Hall–Kier alpha value is -8.11. The highest BCUT2D eigenvalue weighted by molar-refractivity contribution is 8.01. The zero-order chi connectivity index (χ0) is 92.4. The number of thioether (sulfide) groups is 5. The Morgan fingerprint density at radius 2 is 0.524 bits per heavy atom. The van der Waals surface area contributed by atoms with E-state index in [1.54, 1.807) is 13.8 Å². The molecule has 696 valence electrons. The number of rotatable bonds is 35. The number of hydrogen-bond acceptors (Lipinski definition) is 49. The molecule has 0 aliphatic carbocycles. The average Bonchev–Trinajstić information content (AvgIpc) is 1.71. The molecule has 7 saturated heterocycles. The first-order chi connectivity index (χ1) is 58.0. The van der Waals surface area contributed by atoms with E-state index in [1.807, 2.05) is 0 Å². The van der Waals surface area contributed by atoms with Crippen molar-refractivity contribution in [2.24, 2.45) is 0 Å². The lowest BCUT2D eigenvalue weighted by Crippen LogP contribution is -2.64. The van der Waals surface area contributed by atoms with E-state index in [0.29, 0.717) is 35.3 Å². The molecule has 0 saturated carbocycles. The molecule has 7 fully saturated rings. The van der Waals surface area contributed by atoms with Gasteiger partial charge < -0.3 is 123 Å². The van der Waals surface area contributed by atoms with E-state index in [-0.39, 0.29) is 0 Å². The molecule has 0 unspecified atom stereocenters. The Bertz CT molecular complexity index is 3880. The molecule has 49 heteroatoms. The minimum atomic E-state index is -1.88. The molecule has 7 aliphatic rings. The van der Waals surface area contributed by atoms with Gasteiger partial charge in [0.2, 0.25) is 0 Å². The van der Waals surface area contributed by atoms with Gasteiger partial charge in [-0.05, 0) is 13.8 Å². The molecule has 0 radical (unpaired) electrons. The molecular formula is C75H102O44S5. The topological polar surface area (TPSA) is 547 Å². The van der Waals surface area contributed by atoms with Crippen molar-refractivity contribution in [3.05, 3.63) is 0 Å². The lowest BCUT2D eigenvalue weighted by molar-refractivity contribution is -0.238. The van der Waals surface area contributed by atoms with Gasteiger partial charge in [-0.1, -0.05) is 0 Å². The third-order valence-electron chi connectivity index (χ3n) is 18.1. The summed E-state index contributed by atoms with van der Waals surface area (Å²) >= 11 is 3.55. The second-order valence-electron chi connectivity index (χ2n) is 29.1. The monoisotopic (exact) mass is 1870 g/mol. The first-order valence-electron chi connectivity index (χ1n) is 38.4. The van der Waals surface area contributed by atoms with Gasteiger partial charge in [0, 0.05) is 142 Å². The highest BCUT2D eigenvalue weighted by Crippen LogP contribution is 2.51. The third-order valence-corrected chi connectivity index (χ3v) is 24.8. The summed E-state index contributed by atoms with van der Waals surface area (Å²) in [6.45, 7) is 19.1. The van der Waals surface area contributed by atoms with E-state index in [2.05, 4.69) is 0 Å². The SMILES string of the molecule is CC(=O)OC[C@H]1O[C@@H](SC[C@H]2O[C@@H](SC[C@H]3O[C@@H](SC[C@@H](OC(C)=O)[C@H]4O[C@@H]5OC(C)(C)O[C@@H]5[C@H]4S[C@@H]4O[C@H](COC(C)=O)[C@@H](OC(C)=O)[C@H](OC(C)=O)[C@H]4OC(C)=O)[C@H](OC(C)=O)[C@@H](OC(C)=O)[C@@H]3OC(C)=O)[C@H](OC(C)=O)[C@@H](S[C@@H]3O[C@H](COC(C)=O)[C@@H](OC(C)=O)[C@H](OC(C)=O)[C@H]3OC(C)=O)[C@@H]2OC(C)=O)[C@H](OC(C)=O)[C@@H](OC(C)=O)[C@@H]1OC(C)=O. The van der Waals surface area contributed by atoms with Gasteiger partial charge in [0.25, 0.3) is 0 Å². The Morgan fingerprint density at radius 1 is 0.266 bits per heavy atom. The molecule has 0 aromatic rings. The first kappa shape index (κ1) is 103. The average molecular weight is 1870 g/mol. The van der Waals surface area contributed by atoms with Gasteiger partial charge in [0.05, 0.1) is 10.5 Å². The van der Waals surface area contributed by atoms with Crippen LogP contribution in [0.5, 0.6) is 0 Å². The summed E-state index contributed by atoms with van der Waals surface area (Å²) in [7, 11) is 0. The van der Waals surface area contributed by atoms with Crippen molar-refractivity contribution in [1.82, 2.24) is 0 Å². The first-order valence-corrected chi connectivity index (χ1v) is 43.5. The summed E-state index contributed by atoms with van der Waals surface area (Å²) in [5.74, 6) is -20.6. The Morgan fingerprint density at radius 3 is 0.855 bits per heavy atom. The summed E-state index contributed by atoms with van der Waals surface area (Å²) < 4.78 is 157. The lowest BCUT2D eigenvalue weighted by atomic mass is 9.99. The molecule has 0 amide bonds. The van der Waals surface area contributed by atoms with Crippen LogP contribution in [-0.4, -0.2) is 329 Å². The van der Waals surface area contributed by atoms with Crippen LogP contribution >= 0.6 is 58.8 Å². The molecule has 7 heterocycles. The van der Waals surface area contributed by atoms with E-state index < -0.39 is 329 Å². The molecule has 0 N–H and O–H groups in total. The summed E-state index contributed by atoms with van der Waals surface area (Å²) in [5, 5.41) is -2.86. The molecule has 0 aromatic heterocycles. The number of carbonyl (C=O) groups excluding carboxylic acids is 18. The van der Waals surface area contributed by atoms with Crippen LogP contribution in [0.4, 0.5) is 0 Å². The molecule has 124 heavy (non-hydrogen) atoms. The second kappa shape index (κ2) is 46.6. The zero-order valence-electron chi connectivity index (χ0n) is 71.1. The van der Waals surface area contributed by atoms with Gasteiger partial charge in [0.1, 0.15) is 102 Å². The third kappa shape index (κ3) is 30.0. The van der Waals surface area contributed by atoms with Gasteiger partial charge in [-0.3, -0.25) is 86.3 Å². The second-order valence-corrected chi connectivity index (χ2v) is 35.0. The quantitative estimate of drug-likeness (QED) is 0.0641. The van der Waals surface area contributed by atoms with Gasteiger partial charge in [-0.25, -0.2) is 0 Å². The van der Waals surface area contributed by atoms with Crippen LogP contribution in [-0.2, 0) is 209 Å². The smallest absolute Gasteiger partial charge is 0.303 e. The summed E-state index contributed by atoms with van der Waals surface area (Å²) in [5.41, 5.74) is -8.26. The predicted octanol–water partition coefficient (Wildman–Crippen LogP) is 1.56. The van der Waals surface area contributed by atoms with Gasteiger partial charge in [-0.2, -0.15) is 0 Å². The maximum atomic E-state index is 14.0. The van der Waals surface area contributed by atoms with E-state index in [0.717, 1.165) is 148 Å². The van der Waals surface area contributed by atoms with Crippen molar-refractivity contribution in [2.45, 2.75) is 323 Å². The van der Waals surface area contributed by atoms with Crippen molar-refractivity contribution in [2.75, 3.05) is 37.1 Å². The number of hydrogen-bond donors (Lipinski definition) is 0. The number of carbonyl (C=O) groups is 18. The van der Waals surface area contributed by atoms with Crippen LogP contribution in [0.2, 0.25) is 0 Å². The van der Waals surface area contributed by atoms with Gasteiger partial charge >= 0.3 is 107 Å². The minimum absolute atomic E-state index is 0.481. The van der Waals surface area contributed by atoms with E-state index in [1.165, 1.54) is 0 Å². The Kier molecular flexibility index (Phi) is 38.7. The van der Waals surface area contributed by atoms with Crippen molar-refractivity contribution in [3.63, 3.8) is 0 Å². The highest BCUT2D eigenvalue weighted by Gasteiger charge is 2.64. The van der Waals surface area contributed by atoms with Crippen LogP contribution in [0, 0.1) is 0 Å². The van der Waals surface area contributed by atoms with Crippen LogP contribution in [0.3, 0.4) is 0 Å². The summed E-state index contributed by atoms with van der Waals surface area (Å²) in [6.07, 6.45) is -37.9. The lowest BCUT2D eigenvalue weighted by Gasteiger charge is -2.49. The normalized spacial score (nSPS) is 33.6. The highest BCUT2D eigenvalue weighted by atomic mass is 32.2. The van der Waals surface area contributed by atoms with Crippen molar-refractivity contribution < 1.29 is 209 Å². The molecule has 0 aromatic carbocycles. The fraction of sp³-hybridized carbons (Fsp3) is 0.760. The fourth-order valence-electron chi connectivity index (χ4n) is 14.2. The number of fused-ring (bicyclic) bond motifs is 1. The van der Waals surface area contributed by atoms with Gasteiger partial charge in [-0.15, -0.1) is 58.8 Å². The van der Waals surface area contributed by atoms with Crippen LogP contribution in [0.1, 0.15) is 138 Å². The summed E-state index contributed by atoms with van der Waals surface area (Å²) in [4.78, 5) is 237. The minimum Gasteiger partial charge on any atom is -0.463 e. The molecule has 0 spiro atoms. The fourth-order valence-corrected chi connectivity index (χ4v) is 21.4. The number of ether oxygens (including phenoxy) is 26. The largest absolute Gasteiger partial charge is 0.463 e. The molecule has 44 nitrogen and oxygen atoms in total. The maximum Gasteiger partial charge on any atom is 0.303 e. The standard InChI is InChI=1S/C75H102O44S5/c1-27(76)94-21-45-51(98-31(5)80)57(103-36(10)85)61(107-40(14)89)70(112-45)121-26-50-55(102-35(9)84)68(124-74-64(110-43(17)92)59(105-38(12)87)53(100-33(7)82)47(114-74)23-96-29(3)78)66(111-44(18)93)72(116-50)122-24-48-54(101-34(8)83)60(106-39(13)88)62(108-41(15)90)71(115-48)120-25-49(97-30(4)79)56-67(65-69(117-56)119-75(19,20)118-65)123-73-63(109-42(16)91)58(104-37(11)86)52(99-32(6)81)46(113-73)22-95-28(2)77/h45-74H,21-26H2,1-20H3/t45-,46-,47-,48-,49-,50-,51-,52-,53-,54-,55-,56-,57+,58+,59+,60+,61-,62-,63-,64-,65-,66-,67+,68+,69-,70+,71+,72+,73+,74+/m1/s1. The molecule has 30 atom stereocenters. The summed E-state index contributed by atoms with van der Waals surface area (Å²) in [6, 6.07) is 0. The van der Waals surface area contributed by atoms with Crippen LogP contribution in [0.25, 0.3) is 0 Å². The van der Waals surface area contributed by atoms with Gasteiger partial charge in [0.15, 0.2) is 91.4 Å². The molecule has 0 bridgehead atoms.